The average molecular weight is 322 g/mol. The summed E-state index contributed by atoms with van der Waals surface area (Å²) in [4.78, 5) is 0. The summed E-state index contributed by atoms with van der Waals surface area (Å²) in [6, 6.07) is 8.82. The summed E-state index contributed by atoms with van der Waals surface area (Å²) in [5, 5.41) is 45.1. The minimum Gasteiger partial charge on any atom is -0.508 e. The van der Waals surface area contributed by atoms with Crippen molar-refractivity contribution in [3.05, 3.63) is 42.0 Å². The lowest BCUT2D eigenvalue weighted by Gasteiger charge is -2.22. The van der Waals surface area contributed by atoms with Gasteiger partial charge in [0.15, 0.2) is 11.5 Å². The average Bonchev–Trinajstić information content (AvgIpc) is 2.54. The largest absolute Gasteiger partial charge is 0.508 e. The van der Waals surface area contributed by atoms with E-state index in [1.54, 1.807) is 12.1 Å². The van der Waals surface area contributed by atoms with Crippen LogP contribution >= 0.6 is 0 Å². The first kappa shape index (κ1) is 18.4. The lowest BCUT2D eigenvalue weighted by molar-refractivity contribution is 0.0906. The molecule has 126 valence electrons. The number of aliphatic hydroxyl groups is 1. The summed E-state index contributed by atoms with van der Waals surface area (Å²) in [7, 11) is 0. The fraction of sp³-hybridized carbons (Fsp3) is 0.294. The number of hydrogen-bond donors (Lipinski definition) is 5. The Morgan fingerprint density at radius 2 is 1.48 bits per heavy atom. The zero-order chi connectivity index (χ0) is 17.4. The Hall–Kier alpha value is -2.60. The second-order valence-corrected chi connectivity index (χ2v) is 4.60. The van der Waals surface area contributed by atoms with Gasteiger partial charge in [-0.3, -0.25) is 0 Å². The number of phenols is 4. The van der Waals surface area contributed by atoms with Gasteiger partial charge in [0, 0.05) is 24.1 Å². The van der Waals surface area contributed by atoms with Crippen molar-refractivity contribution in [2.75, 3.05) is 6.61 Å². The normalized spacial score (nSPS) is 15.0. The molecule has 0 bridgehead atoms. The molecule has 0 fully saturated rings. The molecular weight excluding hydrogens is 300 g/mol. The summed E-state index contributed by atoms with van der Waals surface area (Å²) < 4.78 is 5.13. The van der Waals surface area contributed by atoms with Gasteiger partial charge in [0.05, 0.1) is 6.10 Å². The van der Waals surface area contributed by atoms with Gasteiger partial charge in [0.1, 0.15) is 23.9 Å². The number of para-hydroxylation sites is 2. The highest BCUT2D eigenvalue weighted by Crippen LogP contribution is 2.35. The minimum atomic E-state index is -0.581. The number of benzene rings is 2. The van der Waals surface area contributed by atoms with Crippen LogP contribution in [-0.2, 0) is 6.42 Å². The van der Waals surface area contributed by atoms with Gasteiger partial charge in [-0.1, -0.05) is 26.0 Å². The first-order valence-electron chi connectivity index (χ1n) is 7.30. The molecule has 0 aliphatic carbocycles. The molecule has 0 amide bonds. The maximum absolute atomic E-state index is 9.40. The molecular formula is C17H22O6. The van der Waals surface area contributed by atoms with Crippen LogP contribution in [0.25, 0.3) is 0 Å². The lowest BCUT2D eigenvalue weighted by Crippen LogP contribution is -2.25. The third-order valence-electron chi connectivity index (χ3n) is 2.92. The van der Waals surface area contributed by atoms with E-state index in [0.717, 1.165) is 0 Å². The van der Waals surface area contributed by atoms with E-state index in [1.807, 2.05) is 13.8 Å². The highest BCUT2D eigenvalue weighted by atomic mass is 16.5. The Bertz CT molecular complexity index is 605. The molecule has 2 aromatic carbocycles. The van der Waals surface area contributed by atoms with Gasteiger partial charge < -0.3 is 30.3 Å². The molecule has 0 aromatic heterocycles. The number of aliphatic hydroxyl groups excluding tert-OH is 1. The molecule has 5 N–H and O–H groups in total. The maximum atomic E-state index is 9.40. The van der Waals surface area contributed by atoms with Gasteiger partial charge >= 0.3 is 0 Å². The highest BCUT2D eigenvalue weighted by Gasteiger charge is 2.21. The zero-order valence-corrected chi connectivity index (χ0v) is 13.1. The molecule has 2 aromatic rings. The molecule has 1 heterocycles. The van der Waals surface area contributed by atoms with E-state index in [-0.39, 0.29) is 29.6 Å². The number of phenolic OH excluding ortho intramolecular Hbond substituents is 4. The molecule has 6 nitrogen and oxygen atoms in total. The molecule has 23 heavy (non-hydrogen) atoms. The molecule has 0 saturated heterocycles. The quantitative estimate of drug-likeness (QED) is 0.477. The van der Waals surface area contributed by atoms with E-state index in [1.165, 1.54) is 24.3 Å². The summed E-state index contributed by atoms with van der Waals surface area (Å²) in [5.41, 5.74) is 0.552. The Balaban J connectivity index is 0.000000228. The van der Waals surface area contributed by atoms with Gasteiger partial charge in [0.2, 0.25) is 0 Å². The number of rotatable bonds is 0. The van der Waals surface area contributed by atoms with Crippen molar-refractivity contribution in [1.82, 2.24) is 0 Å². The third-order valence-corrected chi connectivity index (χ3v) is 2.92. The molecule has 0 spiro atoms. The van der Waals surface area contributed by atoms with E-state index < -0.39 is 6.10 Å². The van der Waals surface area contributed by atoms with Crippen LogP contribution in [0.4, 0.5) is 0 Å². The SMILES string of the molecule is CC.Oc1cc(O)c2c(c1)OCC(O)C2.Oc1ccccc1O. The Labute approximate surface area is 134 Å². The van der Waals surface area contributed by atoms with Gasteiger partial charge in [-0.25, -0.2) is 0 Å². The Kier molecular flexibility index (Phi) is 7.02. The van der Waals surface area contributed by atoms with Gasteiger partial charge in [-0.05, 0) is 12.1 Å². The molecule has 0 saturated carbocycles. The van der Waals surface area contributed by atoms with E-state index in [2.05, 4.69) is 0 Å². The second kappa shape index (κ2) is 8.75. The van der Waals surface area contributed by atoms with E-state index in [4.69, 9.17) is 20.1 Å². The fourth-order valence-electron chi connectivity index (χ4n) is 1.90. The fourth-order valence-corrected chi connectivity index (χ4v) is 1.90. The maximum Gasteiger partial charge on any atom is 0.157 e. The topological polar surface area (TPSA) is 110 Å². The number of hydrogen-bond acceptors (Lipinski definition) is 6. The first-order chi connectivity index (χ1) is 11.0. The summed E-state index contributed by atoms with van der Waals surface area (Å²) in [5.74, 6) is 0.226. The monoisotopic (exact) mass is 322 g/mol. The van der Waals surface area contributed by atoms with Crippen LogP contribution in [0.2, 0.25) is 0 Å². The number of ether oxygens (including phenoxy) is 1. The predicted octanol–water partition coefficient (Wildman–Crippen LogP) is 2.52. The van der Waals surface area contributed by atoms with Crippen molar-refractivity contribution >= 4 is 0 Å². The number of fused-ring (bicyclic) bond motifs is 1. The number of aromatic hydroxyl groups is 4. The van der Waals surface area contributed by atoms with Crippen LogP contribution in [0.15, 0.2) is 36.4 Å². The second-order valence-electron chi connectivity index (χ2n) is 4.60. The smallest absolute Gasteiger partial charge is 0.157 e. The Morgan fingerprint density at radius 3 is 2.00 bits per heavy atom. The van der Waals surface area contributed by atoms with Crippen LogP contribution in [0, 0.1) is 0 Å². The molecule has 3 rings (SSSR count). The Morgan fingerprint density at radius 1 is 0.913 bits per heavy atom. The van der Waals surface area contributed by atoms with E-state index in [9.17, 15) is 10.2 Å². The standard InChI is InChI=1S/C9H10O4.C6H6O2.C2H6/c10-5-2-8(12)7-1-6(11)4-13-9(7)3-5;7-5-3-1-2-4-6(5)8;1-2/h2-3,6,10-12H,1,4H2;1-4,7-8H;1-2H3. The van der Waals surface area contributed by atoms with Gasteiger partial charge in [-0.2, -0.15) is 0 Å². The zero-order valence-electron chi connectivity index (χ0n) is 13.1. The molecule has 0 radical (unpaired) electrons. The van der Waals surface area contributed by atoms with Crippen molar-refractivity contribution in [3.8, 4) is 28.7 Å². The highest BCUT2D eigenvalue weighted by molar-refractivity contribution is 5.50. The van der Waals surface area contributed by atoms with Crippen molar-refractivity contribution in [3.63, 3.8) is 0 Å². The van der Waals surface area contributed by atoms with Crippen molar-refractivity contribution in [2.45, 2.75) is 26.4 Å². The van der Waals surface area contributed by atoms with Crippen LogP contribution in [0.3, 0.4) is 0 Å². The lowest BCUT2D eigenvalue weighted by atomic mass is 10.0. The summed E-state index contributed by atoms with van der Waals surface area (Å²) in [6.07, 6.45) is -0.218. The van der Waals surface area contributed by atoms with E-state index >= 15 is 0 Å². The van der Waals surface area contributed by atoms with Gasteiger partial charge in [-0.15, -0.1) is 0 Å². The predicted molar refractivity (Wildman–Crippen MR) is 86.1 cm³/mol. The molecule has 1 aliphatic heterocycles. The van der Waals surface area contributed by atoms with Crippen LogP contribution < -0.4 is 4.74 Å². The van der Waals surface area contributed by atoms with E-state index in [0.29, 0.717) is 17.7 Å². The molecule has 1 aliphatic rings. The van der Waals surface area contributed by atoms with Crippen molar-refractivity contribution in [1.29, 1.82) is 0 Å². The third kappa shape index (κ3) is 5.27. The summed E-state index contributed by atoms with van der Waals surface area (Å²) in [6.45, 7) is 4.20. The molecule has 1 unspecified atom stereocenters. The van der Waals surface area contributed by atoms with Crippen molar-refractivity contribution < 1.29 is 30.3 Å². The van der Waals surface area contributed by atoms with Crippen molar-refractivity contribution in [2.24, 2.45) is 0 Å². The van der Waals surface area contributed by atoms with Crippen LogP contribution in [0.1, 0.15) is 19.4 Å². The minimum absolute atomic E-state index is 0.0336. The molecule has 6 heteroatoms. The van der Waals surface area contributed by atoms with Crippen LogP contribution in [-0.4, -0.2) is 38.2 Å². The molecule has 1 atom stereocenters. The van der Waals surface area contributed by atoms with Gasteiger partial charge in [0.25, 0.3) is 0 Å². The first-order valence-corrected chi connectivity index (χ1v) is 7.30. The summed E-state index contributed by atoms with van der Waals surface area (Å²) >= 11 is 0. The van der Waals surface area contributed by atoms with Crippen LogP contribution in [0.5, 0.6) is 28.7 Å².